The Labute approximate surface area is 191 Å². The Balaban J connectivity index is 1.43. The van der Waals surface area contributed by atoms with Crippen molar-refractivity contribution < 1.29 is 4.74 Å². The summed E-state index contributed by atoms with van der Waals surface area (Å²) in [6, 6.07) is 43.1. The monoisotopic (exact) mass is 419 g/mol. The van der Waals surface area contributed by atoms with Gasteiger partial charge in [0, 0.05) is 12.2 Å². The van der Waals surface area contributed by atoms with Crippen LogP contribution in [0.5, 0.6) is 0 Å². The van der Waals surface area contributed by atoms with Gasteiger partial charge in [-0.2, -0.15) is 0 Å². The van der Waals surface area contributed by atoms with Crippen LogP contribution >= 0.6 is 0 Å². The average molecular weight is 420 g/mol. The number of ether oxygens (including phenoxy) is 1. The van der Waals surface area contributed by atoms with Crippen LogP contribution in [0.4, 0.5) is 5.69 Å². The van der Waals surface area contributed by atoms with Crippen LogP contribution in [0.2, 0.25) is 0 Å². The van der Waals surface area contributed by atoms with Crippen molar-refractivity contribution >= 4 is 5.69 Å². The summed E-state index contributed by atoms with van der Waals surface area (Å²) in [5.74, 6) is 0. The third kappa shape index (κ3) is 4.61. The second kappa shape index (κ2) is 9.84. The fraction of sp³-hybridized carbons (Fsp3) is 0.200. The van der Waals surface area contributed by atoms with Gasteiger partial charge in [0.25, 0.3) is 0 Å². The first-order chi connectivity index (χ1) is 15.9. The Morgan fingerprint density at radius 1 is 0.625 bits per heavy atom. The zero-order valence-corrected chi connectivity index (χ0v) is 18.3. The molecule has 32 heavy (non-hydrogen) atoms. The molecular formula is C30H29NO. The molecule has 2 nitrogen and oxygen atoms in total. The first-order valence-electron chi connectivity index (χ1n) is 11.5. The van der Waals surface area contributed by atoms with E-state index in [1.807, 2.05) is 0 Å². The fourth-order valence-electron chi connectivity index (χ4n) is 4.77. The van der Waals surface area contributed by atoms with Crippen molar-refractivity contribution in [2.75, 3.05) is 11.4 Å². The average Bonchev–Trinajstić information content (AvgIpc) is 2.89. The lowest BCUT2D eigenvalue weighted by molar-refractivity contribution is -0.0122. The van der Waals surface area contributed by atoms with Gasteiger partial charge in [0.1, 0.15) is 6.10 Å². The molecule has 0 unspecified atom stereocenters. The number of para-hydroxylation sites is 1. The molecule has 0 radical (unpaired) electrons. The summed E-state index contributed by atoms with van der Waals surface area (Å²) < 4.78 is 6.87. The van der Waals surface area contributed by atoms with Gasteiger partial charge in [0.15, 0.2) is 0 Å². The summed E-state index contributed by atoms with van der Waals surface area (Å²) in [5, 5.41) is 0. The summed E-state index contributed by atoms with van der Waals surface area (Å²) in [6.07, 6.45) is 2.11. The molecule has 0 spiro atoms. The van der Waals surface area contributed by atoms with E-state index in [0.29, 0.717) is 6.04 Å². The lowest BCUT2D eigenvalue weighted by Gasteiger charge is -2.42. The molecule has 0 bridgehead atoms. The van der Waals surface area contributed by atoms with Crippen molar-refractivity contribution in [3.05, 3.63) is 138 Å². The van der Waals surface area contributed by atoms with Crippen molar-refractivity contribution in [1.29, 1.82) is 0 Å². The minimum Gasteiger partial charge on any atom is -0.365 e. The Morgan fingerprint density at radius 2 is 1.12 bits per heavy atom. The third-order valence-electron chi connectivity index (χ3n) is 6.36. The maximum atomic E-state index is 6.87. The smallest absolute Gasteiger partial charge is 0.108 e. The van der Waals surface area contributed by atoms with Gasteiger partial charge in [-0.3, -0.25) is 0 Å². The number of nitrogens with zero attached hydrogens (tertiary/aromatic N) is 1. The van der Waals surface area contributed by atoms with Crippen molar-refractivity contribution in [2.45, 2.75) is 31.1 Å². The van der Waals surface area contributed by atoms with E-state index in [0.717, 1.165) is 19.4 Å². The van der Waals surface area contributed by atoms with E-state index in [2.05, 4.69) is 126 Å². The molecule has 4 aromatic carbocycles. The molecule has 1 fully saturated rings. The maximum absolute atomic E-state index is 6.87. The van der Waals surface area contributed by atoms with E-state index in [1.165, 1.54) is 22.4 Å². The highest BCUT2D eigenvalue weighted by atomic mass is 16.5. The molecule has 160 valence electrons. The molecule has 1 aliphatic rings. The molecule has 4 aromatic rings. The standard InChI is InChI=1S/C30H29NO/c1-5-13-24(14-6-1)29-23-28(21-22-31(29)27-19-11-4-12-20-27)32-30(25-15-7-2-8-16-25)26-17-9-3-10-18-26/h1-20,28-30H,21-23H2/t28-,29-/m0/s1. The Bertz CT molecular complexity index is 1040. The van der Waals surface area contributed by atoms with Crippen molar-refractivity contribution in [1.82, 2.24) is 0 Å². The van der Waals surface area contributed by atoms with Crippen LogP contribution in [0.15, 0.2) is 121 Å². The summed E-state index contributed by atoms with van der Waals surface area (Å²) >= 11 is 0. The first kappa shape index (κ1) is 20.5. The topological polar surface area (TPSA) is 12.5 Å². The van der Waals surface area contributed by atoms with Gasteiger partial charge in [-0.15, -0.1) is 0 Å². The minimum absolute atomic E-state index is 0.0536. The zero-order chi connectivity index (χ0) is 21.6. The number of piperidine rings is 1. The van der Waals surface area contributed by atoms with E-state index in [-0.39, 0.29) is 12.2 Å². The summed E-state index contributed by atoms with van der Waals surface area (Å²) in [4.78, 5) is 2.54. The van der Waals surface area contributed by atoms with Crippen molar-refractivity contribution in [2.24, 2.45) is 0 Å². The van der Waals surface area contributed by atoms with E-state index < -0.39 is 0 Å². The highest BCUT2D eigenvalue weighted by molar-refractivity contribution is 5.49. The molecule has 5 rings (SSSR count). The van der Waals surface area contributed by atoms with Crippen LogP contribution in [0.1, 0.15) is 41.7 Å². The van der Waals surface area contributed by atoms with Gasteiger partial charge in [-0.1, -0.05) is 109 Å². The summed E-state index contributed by atoms with van der Waals surface area (Å²) in [5.41, 5.74) is 5.05. The van der Waals surface area contributed by atoms with Crippen LogP contribution in [-0.2, 0) is 4.74 Å². The molecule has 0 N–H and O–H groups in total. The predicted octanol–water partition coefficient (Wildman–Crippen LogP) is 7.20. The third-order valence-corrected chi connectivity index (χ3v) is 6.36. The van der Waals surface area contributed by atoms with Crippen molar-refractivity contribution in [3.63, 3.8) is 0 Å². The Kier molecular flexibility index (Phi) is 6.32. The predicted molar refractivity (Wildman–Crippen MR) is 132 cm³/mol. The second-order valence-electron chi connectivity index (χ2n) is 8.44. The van der Waals surface area contributed by atoms with Crippen LogP contribution in [-0.4, -0.2) is 12.6 Å². The number of anilines is 1. The van der Waals surface area contributed by atoms with Crippen LogP contribution in [0, 0.1) is 0 Å². The zero-order valence-electron chi connectivity index (χ0n) is 18.3. The number of benzene rings is 4. The molecule has 0 amide bonds. The highest BCUT2D eigenvalue weighted by Gasteiger charge is 2.32. The normalized spacial score (nSPS) is 18.6. The molecule has 2 atom stereocenters. The van der Waals surface area contributed by atoms with Crippen LogP contribution < -0.4 is 4.90 Å². The Hall–Kier alpha value is -3.36. The lowest BCUT2D eigenvalue weighted by atomic mass is 9.92. The highest BCUT2D eigenvalue weighted by Crippen LogP contribution is 2.38. The largest absolute Gasteiger partial charge is 0.365 e. The lowest BCUT2D eigenvalue weighted by Crippen LogP contribution is -2.40. The van der Waals surface area contributed by atoms with Gasteiger partial charge in [0.2, 0.25) is 0 Å². The number of hydrogen-bond donors (Lipinski definition) is 0. The molecule has 2 heteroatoms. The van der Waals surface area contributed by atoms with Gasteiger partial charge in [-0.05, 0) is 41.7 Å². The van der Waals surface area contributed by atoms with Crippen LogP contribution in [0.25, 0.3) is 0 Å². The molecule has 0 saturated carbocycles. The molecular weight excluding hydrogens is 390 g/mol. The minimum atomic E-state index is -0.0536. The second-order valence-corrected chi connectivity index (χ2v) is 8.44. The molecule has 1 heterocycles. The molecule has 1 aliphatic heterocycles. The van der Waals surface area contributed by atoms with Crippen LogP contribution in [0.3, 0.4) is 0 Å². The van der Waals surface area contributed by atoms with Gasteiger partial charge >= 0.3 is 0 Å². The van der Waals surface area contributed by atoms with Gasteiger partial charge in [0.05, 0.1) is 12.1 Å². The van der Waals surface area contributed by atoms with E-state index >= 15 is 0 Å². The summed E-state index contributed by atoms with van der Waals surface area (Å²) in [6.45, 7) is 0.977. The first-order valence-corrected chi connectivity index (χ1v) is 11.5. The molecule has 1 saturated heterocycles. The Morgan fingerprint density at radius 3 is 1.69 bits per heavy atom. The SMILES string of the molecule is c1ccc(C(O[C@H]2CCN(c3ccccc3)[C@H](c3ccccc3)C2)c2ccccc2)cc1. The fourth-order valence-corrected chi connectivity index (χ4v) is 4.77. The van der Waals surface area contributed by atoms with E-state index in [9.17, 15) is 0 Å². The molecule has 0 aromatic heterocycles. The van der Waals surface area contributed by atoms with E-state index in [4.69, 9.17) is 4.74 Å². The number of hydrogen-bond acceptors (Lipinski definition) is 2. The summed E-state index contributed by atoms with van der Waals surface area (Å²) in [7, 11) is 0. The van der Waals surface area contributed by atoms with E-state index in [1.54, 1.807) is 0 Å². The quantitative estimate of drug-likeness (QED) is 0.327. The van der Waals surface area contributed by atoms with Crippen molar-refractivity contribution in [3.8, 4) is 0 Å². The maximum Gasteiger partial charge on any atom is 0.108 e. The molecule has 0 aliphatic carbocycles. The number of rotatable bonds is 6. The van der Waals surface area contributed by atoms with Gasteiger partial charge in [-0.25, -0.2) is 0 Å². The van der Waals surface area contributed by atoms with Gasteiger partial charge < -0.3 is 9.64 Å².